The van der Waals surface area contributed by atoms with E-state index in [9.17, 15) is 0 Å². The van der Waals surface area contributed by atoms with E-state index >= 15 is 0 Å². The summed E-state index contributed by atoms with van der Waals surface area (Å²) < 4.78 is 11.3. The average Bonchev–Trinajstić information content (AvgIpc) is 2.80. The van der Waals surface area contributed by atoms with E-state index < -0.39 is 0 Å². The second-order valence-corrected chi connectivity index (χ2v) is 4.77. The van der Waals surface area contributed by atoms with Crippen LogP contribution in [-0.4, -0.2) is 25.4 Å². The molecule has 17 heavy (non-hydrogen) atoms. The minimum Gasteiger partial charge on any atom is -0.374 e. The van der Waals surface area contributed by atoms with Gasteiger partial charge in [-0.1, -0.05) is 23.7 Å². The van der Waals surface area contributed by atoms with E-state index in [2.05, 4.69) is 0 Å². The lowest BCUT2D eigenvalue weighted by Gasteiger charge is -2.12. The first-order chi connectivity index (χ1) is 8.28. The predicted molar refractivity (Wildman–Crippen MR) is 68.1 cm³/mol. The zero-order chi connectivity index (χ0) is 12.1. The minimum atomic E-state index is 0.204. The number of hydrogen-bond donors (Lipinski definition) is 1. The number of halogens is 1. The molecule has 1 aliphatic rings. The Morgan fingerprint density at radius 2 is 1.94 bits per heavy atom. The van der Waals surface area contributed by atoms with E-state index in [1.54, 1.807) is 0 Å². The molecule has 1 aromatic carbocycles. The lowest BCUT2D eigenvalue weighted by molar-refractivity contribution is -0.0168. The third-order valence-electron chi connectivity index (χ3n) is 2.94. The Bertz CT molecular complexity index is 342. The quantitative estimate of drug-likeness (QED) is 0.879. The second kappa shape index (κ2) is 6.36. The molecule has 2 N–H and O–H groups in total. The Hall–Kier alpha value is -0.610. The van der Waals surface area contributed by atoms with Crippen molar-refractivity contribution < 1.29 is 9.47 Å². The highest BCUT2D eigenvalue weighted by molar-refractivity contribution is 6.30. The lowest BCUT2D eigenvalue weighted by Crippen LogP contribution is -2.22. The van der Waals surface area contributed by atoms with E-state index in [4.69, 9.17) is 26.8 Å². The van der Waals surface area contributed by atoms with Crippen molar-refractivity contribution in [3.63, 3.8) is 0 Å². The number of benzene rings is 1. The summed E-state index contributed by atoms with van der Waals surface area (Å²) in [4.78, 5) is 0. The molecule has 0 spiro atoms. The van der Waals surface area contributed by atoms with E-state index in [0.717, 1.165) is 23.4 Å². The summed E-state index contributed by atoms with van der Waals surface area (Å²) in [5.41, 5.74) is 6.68. The summed E-state index contributed by atoms with van der Waals surface area (Å²) in [7, 11) is 0. The summed E-state index contributed by atoms with van der Waals surface area (Å²) in [5, 5.41) is 0.749. The van der Waals surface area contributed by atoms with Crippen molar-refractivity contribution in [1.82, 2.24) is 0 Å². The van der Waals surface area contributed by atoms with Crippen LogP contribution >= 0.6 is 11.6 Å². The van der Waals surface area contributed by atoms with Gasteiger partial charge in [-0.2, -0.15) is 0 Å². The van der Waals surface area contributed by atoms with Gasteiger partial charge in [0.2, 0.25) is 0 Å². The molecule has 4 heteroatoms. The maximum Gasteiger partial charge on any atom is 0.0814 e. The summed E-state index contributed by atoms with van der Waals surface area (Å²) >= 11 is 5.81. The molecule has 2 rings (SSSR count). The van der Waals surface area contributed by atoms with Gasteiger partial charge in [-0.25, -0.2) is 0 Å². The second-order valence-electron chi connectivity index (χ2n) is 4.33. The highest BCUT2D eigenvalue weighted by atomic mass is 35.5. The molecule has 1 aliphatic heterocycles. The van der Waals surface area contributed by atoms with Crippen LogP contribution in [0.1, 0.15) is 18.4 Å². The van der Waals surface area contributed by atoms with Gasteiger partial charge in [-0.3, -0.25) is 0 Å². The smallest absolute Gasteiger partial charge is 0.0814 e. The van der Waals surface area contributed by atoms with Crippen molar-refractivity contribution in [1.29, 1.82) is 0 Å². The monoisotopic (exact) mass is 255 g/mol. The number of rotatable bonds is 5. The molecule has 0 amide bonds. The fraction of sp³-hybridized carbons (Fsp3) is 0.538. The summed E-state index contributed by atoms with van der Waals surface area (Å²) in [6.07, 6.45) is 2.52. The topological polar surface area (TPSA) is 44.5 Å². The van der Waals surface area contributed by atoms with Crippen LogP contribution in [0, 0.1) is 0 Å². The SMILES string of the molecule is NCC1CCC(COCc2ccc(Cl)cc2)O1. The molecule has 0 aromatic heterocycles. The van der Waals surface area contributed by atoms with Gasteiger partial charge < -0.3 is 15.2 Å². The maximum atomic E-state index is 5.81. The van der Waals surface area contributed by atoms with Crippen LogP contribution in [0.2, 0.25) is 5.02 Å². The van der Waals surface area contributed by atoms with Gasteiger partial charge in [0.25, 0.3) is 0 Å². The first-order valence-electron chi connectivity index (χ1n) is 5.95. The molecule has 3 nitrogen and oxygen atoms in total. The fourth-order valence-electron chi connectivity index (χ4n) is 1.96. The van der Waals surface area contributed by atoms with E-state index in [0.29, 0.717) is 19.8 Å². The zero-order valence-corrected chi connectivity index (χ0v) is 10.5. The third kappa shape index (κ3) is 3.96. The van der Waals surface area contributed by atoms with Gasteiger partial charge in [0.1, 0.15) is 0 Å². The molecule has 1 fully saturated rings. The molecule has 0 aliphatic carbocycles. The number of hydrogen-bond acceptors (Lipinski definition) is 3. The first-order valence-corrected chi connectivity index (χ1v) is 6.33. The Labute approximate surface area is 107 Å². The first kappa shape index (κ1) is 12.8. The molecule has 94 valence electrons. The van der Waals surface area contributed by atoms with Crippen molar-refractivity contribution in [3.8, 4) is 0 Å². The molecule has 0 saturated carbocycles. The van der Waals surface area contributed by atoms with Gasteiger partial charge in [-0.05, 0) is 30.5 Å². The molecule has 1 heterocycles. The summed E-state index contributed by atoms with van der Waals surface area (Å²) in [5.74, 6) is 0. The van der Waals surface area contributed by atoms with Crippen LogP contribution in [0.5, 0.6) is 0 Å². The van der Waals surface area contributed by atoms with Crippen LogP contribution in [0.15, 0.2) is 24.3 Å². The lowest BCUT2D eigenvalue weighted by atomic mass is 10.2. The molecule has 0 bridgehead atoms. The van der Waals surface area contributed by atoms with Crippen LogP contribution in [0.4, 0.5) is 0 Å². The maximum absolute atomic E-state index is 5.81. The Balaban J connectivity index is 1.68. The van der Waals surface area contributed by atoms with E-state index in [1.165, 1.54) is 0 Å². The Kier molecular flexibility index (Phi) is 4.80. The van der Waals surface area contributed by atoms with Crippen LogP contribution < -0.4 is 5.73 Å². The highest BCUT2D eigenvalue weighted by Gasteiger charge is 2.23. The summed E-state index contributed by atoms with van der Waals surface area (Å²) in [6.45, 7) is 1.84. The average molecular weight is 256 g/mol. The number of ether oxygens (including phenoxy) is 2. The van der Waals surface area contributed by atoms with Crippen molar-refractivity contribution in [2.24, 2.45) is 5.73 Å². The van der Waals surface area contributed by atoms with Gasteiger partial charge in [0, 0.05) is 11.6 Å². The van der Waals surface area contributed by atoms with Crippen molar-refractivity contribution in [3.05, 3.63) is 34.9 Å². The van der Waals surface area contributed by atoms with Gasteiger partial charge in [0.05, 0.1) is 25.4 Å². The molecule has 2 atom stereocenters. The zero-order valence-electron chi connectivity index (χ0n) is 9.77. The normalized spacial score (nSPS) is 24.1. The van der Waals surface area contributed by atoms with Crippen LogP contribution in [0.25, 0.3) is 0 Å². The fourth-order valence-corrected chi connectivity index (χ4v) is 2.09. The molecular formula is C13H18ClNO2. The van der Waals surface area contributed by atoms with Crippen molar-refractivity contribution >= 4 is 11.6 Å². The molecule has 1 saturated heterocycles. The minimum absolute atomic E-state index is 0.204. The Morgan fingerprint density at radius 1 is 1.24 bits per heavy atom. The summed E-state index contributed by atoms with van der Waals surface area (Å²) in [6, 6.07) is 7.69. The van der Waals surface area contributed by atoms with Gasteiger partial charge in [-0.15, -0.1) is 0 Å². The van der Waals surface area contributed by atoms with Crippen molar-refractivity contribution in [2.45, 2.75) is 31.7 Å². The highest BCUT2D eigenvalue weighted by Crippen LogP contribution is 2.19. The van der Waals surface area contributed by atoms with Crippen molar-refractivity contribution in [2.75, 3.05) is 13.2 Å². The largest absolute Gasteiger partial charge is 0.374 e. The van der Waals surface area contributed by atoms with Gasteiger partial charge in [0.15, 0.2) is 0 Å². The Morgan fingerprint density at radius 3 is 2.59 bits per heavy atom. The molecule has 1 aromatic rings. The molecule has 0 radical (unpaired) electrons. The van der Waals surface area contributed by atoms with E-state index in [1.807, 2.05) is 24.3 Å². The number of nitrogens with two attached hydrogens (primary N) is 1. The van der Waals surface area contributed by atoms with E-state index in [-0.39, 0.29) is 12.2 Å². The van der Waals surface area contributed by atoms with Crippen LogP contribution in [0.3, 0.4) is 0 Å². The standard InChI is InChI=1S/C13H18ClNO2/c14-11-3-1-10(2-4-11)8-16-9-13-6-5-12(7-15)17-13/h1-4,12-13H,5-9,15H2. The molecular weight excluding hydrogens is 238 g/mol. The van der Waals surface area contributed by atoms with Crippen LogP contribution in [-0.2, 0) is 16.1 Å². The third-order valence-corrected chi connectivity index (χ3v) is 3.20. The predicted octanol–water partition coefficient (Wildman–Crippen LogP) is 2.36. The van der Waals surface area contributed by atoms with Gasteiger partial charge >= 0.3 is 0 Å². The molecule has 2 unspecified atom stereocenters.